The van der Waals surface area contributed by atoms with Crippen molar-refractivity contribution >= 4 is 5.78 Å². The van der Waals surface area contributed by atoms with E-state index in [0.717, 1.165) is 32.1 Å². The van der Waals surface area contributed by atoms with Gasteiger partial charge < -0.3 is 59.8 Å². The quantitative estimate of drug-likeness (QED) is 0.159. The van der Waals surface area contributed by atoms with Crippen LogP contribution >= 0.6 is 0 Å². The molecule has 0 radical (unpaired) electrons. The summed E-state index contributed by atoms with van der Waals surface area (Å²) >= 11 is 0. The molecule has 13 nitrogen and oxygen atoms in total. The van der Waals surface area contributed by atoms with Gasteiger partial charge in [-0.25, -0.2) is 0 Å². The lowest BCUT2D eigenvalue weighted by Gasteiger charge is -2.63. The smallest absolute Gasteiger partial charge is 0.187 e. The number of rotatable bonds is 10. The third-order valence-electron chi connectivity index (χ3n) is 16.7. The summed E-state index contributed by atoms with van der Waals surface area (Å²) in [5, 5.41) is 84.7. The van der Waals surface area contributed by atoms with Crippen LogP contribution in [0.3, 0.4) is 0 Å². The molecule has 13 heteroatoms. The van der Waals surface area contributed by atoms with E-state index < -0.39 is 79.7 Å². The van der Waals surface area contributed by atoms with Crippen LogP contribution in [0.15, 0.2) is 12.2 Å². The highest BCUT2D eigenvalue weighted by atomic mass is 16.7. The maximum Gasteiger partial charge on any atom is 0.187 e. The van der Waals surface area contributed by atoms with Crippen molar-refractivity contribution in [1.29, 1.82) is 0 Å². The summed E-state index contributed by atoms with van der Waals surface area (Å²) in [4.78, 5) is 13.8. The summed E-state index contributed by atoms with van der Waals surface area (Å²) in [7, 11) is 0. The second-order valence-corrected chi connectivity index (χ2v) is 20.0. The van der Waals surface area contributed by atoms with Crippen molar-refractivity contribution < 1.29 is 64.6 Å². The average Bonchev–Trinajstić information content (AvgIpc) is 3.70. The first kappa shape index (κ1) is 41.1. The van der Waals surface area contributed by atoms with E-state index in [0.29, 0.717) is 25.2 Å². The maximum absolute atomic E-state index is 13.8. The minimum absolute atomic E-state index is 0.0390. The molecule has 0 aromatic rings. The molecular formula is C41H66O13. The van der Waals surface area contributed by atoms with Gasteiger partial charge in [-0.1, -0.05) is 40.7 Å². The lowest BCUT2D eigenvalue weighted by molar-refractivity contribution is -0.348. The van der Waals surface area contributed by atoms with E-state index in [9.17, 15) is 45.6 Å². The maximum atomic E-state index is 13.8. The van der Waals surface area contributed by atoms with Gasteiger partial charge in [0.15, 0.2) is 18.4 Å². The normalized spacial score (nSPS) is 52.1. The number of ether oxygens (including phenoxy) is 4. The number of allylic oxidation sites excluding steroid dienone is 2. The molecule has 2 heterocycles. The van der Waals surface area contributed by atoms with Crippen LogP contribution in [-0.2, 0) is 23.7 Å². The third-order valence-corrected chi connectivity index (χ3v) is 16.7. The van der Waals surface area contributed by atoms with E-state index in [1.165, 1.54) is 0 Å². The molecule has 0 amide bonds. The molecule has 54 heavy (non-hydrogen) atoms. The van der Waals surface area contributed by atoms with Crippen molar-refractivity contribution in [2.75, 3.05) is 13.2 Å². The predicted molar refractivity (Wildman–Crippen MR) is 193 cm³/mol. The van der Waals surface area contributed by atoms with Gasteiger partial charge in [-0.2, -0.15) is 0 Å². The zero-order chi connectivity index (χ0) is 39.6. The number of fused-ring (bicyclic) bond motifs is 2. The van der Waals surface area contributed by atoms with Gasteiger partial charge in [0.05, 0.1) is 31.0 Å². The van der Waals surface area contributed by atoms with E-state index in [1.807, 2.05) is 6.08 Å². The van der Waals surface area contributed by atoms with Crippen molar-refractivity contribution in [3.63, 3.8) is 0 Å². The molecular weight excluding hydrogens is 700 g/mol. The van der Waals surface area contributed by atoms with Crippen molar-refractivity contribution in [2.45, 2.75) is 173 Å². The fraction of sp³-hybridized carbons (Fsp3) is 0.927. The predicted octanol–water partition coefficient (Wildman–Crippen LogP) is 1.58. The van der Waals surface area contributed by atoms with Crippen LogP contribution in [0.5, 0.6) is 0 Å². The highest BCUT2D eigenvalue weighted by Crippen LogP contribution is 2.87. The summed E-state index contributed by atoms with van der Waals surface area (Å²) in [5.41, 5.74) is -2.22. The van der Waals surface area contributed by atoms with Gasteiger partial charge in [-0.3, -0.25) is 4.79 Å². The molecule has 8 N–H and O–H groups in total. The summed E-state index contributed by atoms with van der Waals surface area (Å²) < 4.78 is 24.0. The second-order valence-electron chi connectivity index (χ2n) is 20.0. The lowest BCUT2D eigenvalue weighted by Crippen LogP contribution is -2.62. The summed E-state index contributed by atoms with van der Waals surface area (Å²) in [6, 6.07) is 0. The summed E-state index contributed by atoms with van der Waals surface area (Å²) in [6.07, 6.45) is -4.05. The van der Waals surface area contributed by atoms with Crippen LogP contribution in [0.1, 0.15) is 99.8 Å². The summed E-state index contributed by atoms with van der Waals surface area (Å²) in [5.74, 6) is 0.926. The number of carbonyl (C=O) groups excluding carboxylic acids is 1. The second kappa shape index (κ2) is 13.8. The Morgan fingerprint density at radius 2 is 1.56 bits per heavy atom. The zero-order valence-corrected chi connectivity index (χ0v) is 33.0. The van der Waals surface area contributed by atoms with Gasteiger partial charge >= 0.3 is 0 Å². The van der Waals surface area contributed by atoms with Crippen molar-refractivity contribution in [1.82, 2.24) is 0 Å². The Labute approximate surface area is 319 Å². The van der Waals surface area contributed by atoms with Crippen molar-refractivity contribution in [3.05, 3.63) is 12.2 Å². The minimum atomic E-state index is -1.64. The minimum Gasteiger partial charge on any atom is -0.394 e. The number of carbonyl (C=O) groups is 1. The van der Waals surface area contributed by atoms with E-state index in [1.54, 1.807) is 13.8 Å². The van der Waals surface area contributed by atoms with E-state index in [2.05, 4.69) is 40.7 Å². The molecule has 5 unspecified atom stereocenters. The third kappa shape index (κ3) is 5.88. The number of aliphatic hydroxyl groups excluding tert-OH is 8. The van der Waals surface area contributed by atoms with Crippen LogP contribution < -0.4 is 0 Å². The first-order valence-corrected chi connectivity index (χ1v) is 20.3. The molecule has 7 aliphatic rings. The largest absolute Gasteiger partial charge is 0.394 e. The molecule has 2 saturated heterocycles. The van der Waals surface area contributed by atoms with Crippen LogP contribution in [0, 0.1) is 50.7 Å². The fourth-order valence-electron chi connectivity index (χ4n) is 13.4. The Balaban J connectivity index is 1.10. The molecule has 2 aliphatic heterocycles. The number of hydrogen-bond donors (Lipinski definition) is 8. The Bertz CT molecular complexity index is 1450. The molecule has 7 rings (SSSR count). The molecule has 4 saturated carbocycles. The van der Waals surface area contributed by atoms with Gasteiger partial charge in [0.1, 0.15) is 42.7 Å². The molecule has 6 fully saturated rings. The molecule has 0 aromatic heterocycles. The van der Waals surface area contributed by atoms with Crippen molar-refractivity contribution in [3.8, 4) is 0 Å². The number of hydrogen-bond acceptors (Lipinski definition) is 13. The Hall–Kier alpha value is -1.07. The van der Waals surface area contributed by atoms with Crippen LogP contribution in [0.4, 0.5) is 0 Å². The van der Waals surface area contributed by atoms with Gasteiger partial charge in [0, 0.05) is 5.41 Å². The molecule has 308 valence electrons. The first-order valence-electron chi connectivity index (χ1n) is 20.3. The summed E-state index contributed by atoms with van der Waals surface area (Å²) in [6.45, 7) is 14.0. The van der Waals surface area contributed by atoms with Crippen LogP contribution in [0.25, 0.3) is 0 Å². The monoisotopic (exact) mass is 766 g/mol. The highest BCUT2D eigenvalue weighted by Gasteiger charge is 2.85. The number of aliphatic hydroxyl groups is 8. The molecule has 5 aliphatic carbocycles. The van der Waals surface area contributed by atoms with Gasteiger partial charge in [-0.05, 0) is 117 Å². The lowest BCUT2D eigenvalue weighted by atomic mass is 9.41. The zero-order valence-electron chi connectivity index (χ0n) is 33.0. The highest BCUT2D eigenvalue weighted by molar-refractivity contribution is 6.00. The molecule has 19 atom stereocenters. The van der Waals surface area contributed by atoms with Crippen molar-refractivity contribution in [2.24, 2.45) is 50.7 Å². The molecule has 0 aromatic carbocycles. The molecule has 0 bridgehead atoms. The van der Waals surface area contributed by atoms with E-state index in [4.69, 9.17) is 18.9 Å². The Morgan fingerprint density at radius 3 is 2.24 bits per heavy atom. The number of ketones is 1. The first-order chi connectivity index (χ1) is 25.1. The van der Waals surface area contributed by atoms with Crippen LogP contribution in [0.2, 0.25) is 0 Å². The van der Waals surface area contributed by atoms with Crippen LogP contribution in [-0.4, -0.2) is 133 Å². The molecule has 2 spiro atoms. The average molecular weight is 767 g/mol. The van der Waals surface area contributed by atoms with E-state index >= 15 is 0 Å². The van der Waals surface area contributed by atoms with Gasteiger partial charge in [-0.15, -0.1) is 0 Å². The van der Waals surface area contributed by atoms with Gasteiger partial charge in [0.2, 0.25) is 0 Å². The Kier molecular flexibility index (Phi) is 10.5. The Morgan fingerprint density at radius 1 is 0.870 bits per heavy atom. The fourth-order valence-corrected chi connectivity index (χ4v) is 13.4. The topological polar surface area (TPSA) is 216 Å². The van der Waals surface area contributed by atoms with E-state index in [-0.39, 0.29) is 57.2 Å². The SMILES string of the molecule is CC(CCC(O[C@@H]1OC[C@@H](O)[C@H](O)[C@H]1O)C(C)(C)O[C@@H]1O[C@H](CO)[C@@H](O)[C@H](O)[C@H]1O)C1CC[C@@]2(C)C3[C@@H](O)CC4C(C)(C)C=CC(=O)[C@@]45C[C@@]35CC[C@]12C. The standard InChI is InChI=1S/C41H66O13/c1-20(21-10-13-39(7)33-22(43)16-25-36(2,3)12-11-26(45)41(25)19-40(33,41)15-14-38(21,39)6)8-9-27(53-34-31(49)28(46)23(44)18-51-34)37(4,5)54-35-32(50)30(48)29(47)24(17-42)52-35/h11-12,20-25,27-35,42-44,46-50H,8-10,13-19H2,1-7H3/t20?,21?,22-,23+,24+,25?,27?,28-,29+,30-,31+,32+,33?,34-,35-,38+,39-,40-,41+/m0/s1. The van der Waals surface area contributed by atoms with Gasteiger partial charge in [0.25, 0.3) is 0 Å².